The van der Waals surface area contributed by atoms with Gasteiger partial charge in [-0.25, -0.2) is 0 Å². The molecule has 0 aliphatic carbocycles. The molecule has 1 unspecified atom stereocenters. The van der Waals surface area contributed by atoms with E-state index in [-0.39, 0.29) is 5.41 Å². The molecule has 3 rings (SSSR count). The molecular formula is C11H18O5. The van der Waals surface area contributed by atoms with Crippen LogP contribution in [-0.4, -0.2) is 44.8 Å². The fourth-order valence-corrected chi connectivity index (χ4v) is 1.97. The van der Waals surface area contributed by atoms with Crippen molar-refractivity contribution in [2.75, 3.05) is 26.4 Å². The van der Waals surface area contributed by atoms with Gasteiger partial charge in [-0.15, -0.1) is 0 Å². The fraction of sp³-hybridized carbons (Fsp3) is 0.909. The van der Waals surface area contributed by atoms with Crippen LogP contribution in [0.25, 0.3) is 0 Å². The molecule has 2 bridgehead atoms. The van der Waals surface area contributed by atoms with Crippen LogP contribution in [0.3, 0.4) is 0 Å². The third-order valence-electron chi connectivity index (χ3n) is 3.31. The minimum atomic E-state index is -1.31. The van der Waals surface area contributed by atoms with Crippen LogP contribution in [0.1, 0.15) is 20.3 Å². The second kappa shape index (κ2) is 4.41. The van der Waals surface area contributed by atoms with Crippen LogP contribution >= 0.6 is 0 Å². The number of ether oxygens (including phenoxy) is 4. The van der Waals surface area contributed by atoms with Crippen molar-refractivity contribution in [3.8, 4) is 0 Å². The molecule has 0 radical (unpaired) electrons. The monoisotopic (exact) mass is 230 g/mol. The van der Waals surface area contributed by atoms with Crippen LogP contribution in [0.4, 0.5) is 0 Å². The van der Waals surface area contributed by atoms with Gasteiger partial charge in [0.15, 0.2) is 12.4 Å². The predicted molar refractivity (Wildman–Crippen MR) is 54.8 cm³/mol. The first kappa shape index (κ1) is 12.0. The van der Waals surface area contributed by atoms with Crippen molar-refractivity contribution in [1.82, 2.24) is 0 Å². The molecule has 5 nitrogen and oxygen atoms in total. The Kier molecular flexibility index (Phi) is 3.30. The van der Waals surface area contributed by atoms with E-state index >= 15 is 0 Å². The summed E-state index contributed by atoms with van der Waals surface area (Å²) < 4.78 is 22.0. The highest BCUT2D eigenvalue weighted by Crippen LogP contribution is 2.42. The Morgan fingerprint density at radius 2 is 1.81 bits per heavy atom. The van der Waals surface area contributed by atoms with Crippen LogP contribution in [0.15, 0.2) is 0 Å². The van der Waals surface area contributed by atoms with Crippen LogP contribution in [0.5, 0.6) is 0 Å². The molecule has 0 spiro atoms. The molecule has 3 heterocycles. The van der Waals surface area contributed by atoms with Crippen molar-refractivity contribution in [2.24, 2.45) is 5.41 Å². The van der Waals surface area contributed by atoms with Crippen molar-refractivity contribution >= 4 is 6.29 Å². The number of carbonyl (C=O) groups is 1. The molecule has 16 heavy (non-hydrogen) atoms. The van der Waals surface area contributed by atoms with Crippen molar-refractivity contribution < 1.29 is 23.7 Å². The summed E-state index contributed by atoms with van der Waals surface area (Å²) in [6.07, 6.45) is 0.796. The van der Waals surface area contributed by atoms with E-state index in [4.69, 9.17) is 18.9 Å². The zero-order valence-electron chi connectivity index (χ0n) is 9.73. The number of hydrogen-bond donors (Lipinski definition) is 0. The predicted octanol–water partition coefficient (Wildman–Crippen LogP) is 0.718. The lowest BCUT2D eigenvalue weighted by atomic mass is 9.86. The summed E-state index contributed by atoms with van der Waals surface area (Å²) >= 11 is 0. The lowest BCUT2D eigenvalue weighted by Crippen LogP contribution is -2.65. The van der Waals surface area contributed by atoms with Gasteiger partial charge in [-0.1, -0.05) is 6.92 Å². The van der Waals surface area contributed by atoms with E-state index in [2.05, 4.69) is 6.92 Å². The molecule has 1 atom stereocenters. The molecule has 0 aromatic heterocycles. The Balaban J connectivity index is 2.09. The Hall–Kier alpha value is -0.490. The third-order valence-corrected chi connectivity index (χ3v) is 3.31. The van der Waals surface area contributed by atoms with E-state index in [0.717, 1.165) is 6.42 Å². The molecular weight excluding hydrogens is 212 g/mol. The summed E-state index contributed by atoms with van der Waals surface area (Å²) in [5.41, 5.74) is -0.0542. The average Bonchev–Trinajstić information content (AvgIpc) is 2.38. The molecule has 5 heteroatoms. The molecule has 92 valence electrons. The summed E-state index contributed by atoms with van der Waals surface area (Å²) in [5.74, 6) is -1.31. The normalized spacial score (nSPS) is 39.6. The molecule has 0 aromatic rings. The summed E-state index contributed by atoms with van der Waals surface area (Å²) in [6, 6.07) is 0. The number of fused-ring (bicyclic) bond motifs is 3. The third kappa shape index (κ3) is 1.78. The maximum atomic E-state index is 11.0. The summed E-state index contributed by atoms with van der Waals surface area (Å²) in [6.45, 7) is 5.98. The second-order valence-corrected chi connectivity index (χ2v) is 4.34. The average molecular weight is 230 g/mol. The zero-order valence-corrected chi connectivity index (χ0v) is 9.73. The SMILES string of the molecule is CCOC(C=O)C12OCC(CC)(CO1)CO2. The Bertz CT molecular complexity index is 241. The quantitative estimate of drug-likeness (QED) is 0.651. The van der Waals surface area contributed by atoms with Crippen molar-refractivity contribution in [3.05, 3.63) is 0 Å². The Morgan fingerprint density at radius 1 is 1.25 bits per heavy atom. The minimum absolute atomic E-state index is 0.0542. The highest BCUT2D eigenvalue weighted by atomic mass is 16.9. The van der Waals surface area contributed by atoms with Gasteiger partial charge in [-0.2, -0.15) is 0 Å². The van der Waals surface area contributed by atoms with E-state index in [0.29, 0.717) is 32.7 Å². The van der Waals surface area contributed by atoms with Crippen LogP contribution < -0.4 is 0 Å². The van der Waals surface area contributed by atoms with Crippen LogP contribution in [0.2, 0.25) is 0 Å². The van der Waals surface area contributed by atoms with E-state index < -0.39 is 12.1 Å². The zero-order chi connectivity index (χ0) is 11.6. The number of aldehydes is 1. The second-order valence-electron chi connectivity index (χ2n) is 4.34. The van der Waals surface area contributed by atoms with Crippen molar-refractivity contribution in [3.63, 3.8) is 0 Å². The Labute approximate surface area is 95.0 Å². The first-order chi connectivity index (χ1) is 7.70. The highest BCUT2D eigenvalue weighted by molar-refractivity contribution is 5.57. The lowest BCUT2D eigenvalue weighted by molar-refractivity contribution is -0.486. The van der Waals surface area contributed by atoms with Gasteiger partial charge in [0.25, 0.3) is 0 Å². The molecule has 0 saturated carbocycles. The van der Waals surface area contributed by atoms with Gasteiger partial charge in [0, 0.05) is 12.0 Å². The minimum Gasteiger partial charge on any atom is -0.363 e. The van der Waals surface area contributed by atoms with Gasteiger partial charge >= 0.3 is 5.97 Å². The summed E-state index contributed by atoms with van der Waals surface area (Å²) in [4.78, 5) is 11.0. The molecule has 0 aromatic carbocycles. The van der Waals surface area contributed by atoms with E-state index in [1.165, 1.54) is 0 Å². The van der Waals surface area contributed by atoms with Crippen LogP contribution in [0, 0.1) is 5.41 Å². The topological polar surface area (TPSA) is 54.0 Å². The maximum Gasteiger partial charge on any atom is 0.318 e. The number of rotatable bonds is 5. The molecule has 3 fully saturated rings. The highest BCUT2D eigenvalue weighted by Gasteiger charge is 2.56. The first-order valence-corrected chi connectivity index (χ1v) is 5.69. The molecule has 3 aliphatic rings. The van der Waals surface area contributed by atoms with Crippen LogP contribution in [-0.2, 0) is 23.7 Å². The maximum absolute atomic E-state index is 11.0. The van der Waals surface area contributed by atoms with Crippen molar-refractivity contribution in [2.45, 2.75) is 32.3 Å². The van der Waals surface area contributed by atoms with Gasteiger partial charge in [-0.3, -0.25) is 0 Å². The van der Waals surface area contributed by atoms with E-state index in [1.54, 1.807) is 0 Å². The van der Waals surface area contributed by atoms with E-state index in [9.17, 15) is 4.79 Å². The fourth-order valence-electron chi connectivity index (χ4n) is 1.97. The lowest BCUT2D eigenvalue weighted by Gasteiger charge is -2.52. The molecule has 0 amide bonds. The Morgan fingerprint density at radius 3 is 2.19 bits per heavy atom. The number of hydrogen-bond acceptors (Lipinski definition) is 5. The number of carbonyl (C=O) groups excluding carboxylic acids is 1. The first-order valence-electron chi connectivity index (χ1n) is 5.69. The van der Waals surface area contributed by atoms with Gasteiger partial charge in [0.2, 0.25) is 0 Å². The molecule has 0 N–H and O–H groups in total. The summed E-state index contributed by atoms with van der Waals surface area (Å²) in [5, 5.41) is 0. The largest absolute Gasteiger partial charge is 0.363 e. The molecule has 3 saturated heterocycles. The van der Waals surface area contributed by atoms with Gasteiger partial charge in [0.1, 0.15) is 0 Å². The van der Waals surface area contributed by atoms with Gasteiger partial charge < -0.3 is 23.7 Å². The molecule has 3 aliphatic heterocycles. The summed E-state index contributed by atoms with van der Waals surface area (Å²) in [7, 11) is 0. The smallest absolute Gasteiger partial charge is 0.318 e. The standard InChI is InChI=1S/C11H18O5/c1-3-10-6-14-11(15-7-10,16-8-10)9(5-12)13-4-2/h5,9H,3-4,6-8H2,1-2H3. The van der Waals surface area contributed by atoms with Gasteiger partial charge in [0.05, 0.1) is 19.8 Å². The van der Waals surface area contributed by atoms with Gasteiger partial charge in [-0.05, 0) is 13.3 Å². The van der Waals surface area contributed by atoms with E-state index in [1.807, 2.05) is 6.92 Å². The van der Waals surface area contributed by atoms with Crippen molar-refractivity contribution in [1.29, 1.82) is 0 Å².